The van der Waals surface area contributed by atoms with Gasteiger partial charge >= 0.3 is 0 Å². The first-order valence-corrected chi connectivity index (χ1v) is 14.0. The lowest BCUT2D eigenvalue weighted by Crippen LogP contribution is -2.11. The first kappa shape index (κ1) is 24.7. The molecule has 2 N–H and O–H groups in total. The van der Waals surface area contributed by atoms with Gasteiger partial charge in [0.1, 0.15) is 0 Å². The largest absolute Gasteiger partial charge is 0.394 e. The number of nitrogens with zero attached hydrogens (tertiary/aromatic N) is 2. The summed E-state index contributed by atoms with van der Waals surface area (Å²) in [5, 5.41) is 17.8. The lowest BCUT2D eigenvalue weighted by atomic mass is 10.4. The average Bonchev–Trinajstić information content (AvgIpc) is 3.50. The van der Waals surface area contributed by atoms with Crippen LogP contribution in [0.25, 0.3) is 0 Å². The molecule has 4 heterocycles. The maximum absolute atomic E-state index is 8.90. The van der Waals surface area contributed by atoms with Crippen molar-refractivity contribution in [2.75, 3.05) is 39.6 Å². The van der Waals surface area contributed by atoms with Crippen molar-refractivity contribution in [3.63, 3.8) is 0 Å². The zero-order chi connectivity index (χ0) is 22.8. The lowest BCUT2D eigenvalue weighted by Gasteiger charge is -2.12. The SMILES string of the molecule is Cc1c2c(c(C)n1CCOCCO)SC(=C1Sc3c(c(C)n(CCOCCO)c3C)S1)S2. The molecule has 0 amide bonds. The summed E-state index contributed by atoms with van der Waals surface area (Å²) >= 11 is 7.59. The van der Waals surface area contributed by atoms with Crippen molar-refractivity contribution < 1.29 is 19.7 Å². The molecule has 0 spiro atoms. The van der Waals surface area contributed by atoms with Crippen LogP contribution in [-0.4, -0.2) is 59.0 Å². The van der Waals surface area contributed by atoms with Crippen molar-refractivity contribution in [2.24, 2.45) is 0 Å². The maximum Gasteiger partial charge on any atom is 0.0708 e. The van der Waals surface area contributed by atoms with E-state index in [1.54, 1.807) is 0 Å². The van der Waals surface area contributed by atoms with Crippen LogP contribution in [0.4, 0.5) is 0 Å². The van der Waals surface area contributed by atoms with Crippen molar-refractivity contribution in [1.82, 2.24) is 9.13 Å². The molecular weight excluding hydrogens is 485 g/mol. The van der Waals surface area contributed by atoms with Crippen LogP contribution >= 0.6 is 47.0 Å². The second kappa shape index (κ2) is 10.9. The van der Waals surface area contributed by atoms with Gasteiger partial charge in [-0.15, -0.1) is 0 Å². The number of fused-ring (bicyclic) bond motifs is 2. The number of aromatic nitrogens is 2. The van der Waals surface area contributed by atoms with Crippen LogP contribution in [0.1, 0.15) is 22.8 Å². The zero-order valence-electron chi connectivity index (χ0n) is 18.9. The van der Waals surface area contributed by atoms with E-state index in [9.17, 15) is 0 Å². The number of thioether (sulfide) groups is 4. The van der Waals surface area contributed by atoms with Crippen molar-refractivity contribution in [1.29, 1.82) is 0 Å². The van der Waals surface area contributed by atoms with E-state index in [4.69, 9.17) is 19.7 Å². The molecule has 0 saturated carbocycles. The van der Waals surface area contributed by atoms with Gasteiger partial charge < -0.3 is 28.8 Å². The van der Waals surface area contributed by atoms with E-state index in [1.807, 2.05) is 47.0 Å². The molecule has 32 heavy (non-hydrogen) atoms. The molecule has 2 aliphatic heterocycles. The molecular formula is C22H30N2O4S4. The van der Waals surface area contributed by atoms with Crippen molar-refractivity contribution in [3.05, 3.63) is 31.3 Å². The Bertz CT molecular complexity index is 885. The predicted octanol–water partition coefficient (Wildman–Crippen LogP) is 4.76. The molecule has 0 atom stereocenters. The molecule has 176 valence electrons. The van der Waals surface area contributed by atoms with Gasteiger partial charge in [0, 0.05) is 55.4 Å². The van der Waals surface area contributed by atoms with E-state index in [1.165, 1.54) is 50.8 Å². The van der Waals surface area contributed by atoms with Gasteiger partial charge in [0.05, 0.1) is 48.1 Å². The second-order valence-electron chi connectivity index (χ2n) is 7.62. The number of aliphatic hydroxyl groups excluding tert-OH is 2. The highest BCUT2D eigenvalue weighted by atomic mass is 32.2. The number of hydrogen-bond donors (Lipinski definition) is 2. The highest BCUT2D eigenvalue weighted by Crippen LogP contribution is 2.64. The number of ether oxygens (including phenoxy) is 2. The van der Waals surface area contributed by atoms with Crippen LogP contribution in [0.2, 0.25) is 0 Å². The standard InChI is InChI=1S/C22H30N2O4S4/c1-13-17-18(14(2)23(13)5-9-27-11-7-25)30-21(29-17)22-31-19-15(3)24(6-10-28-12-8-26)16(4)20(19)32-22/h25-26H,5-12H2,1-4H3. The first-order chi connectivity index (χ1) is 15.5. The Labute approximate surface area is 206 Å². The van der Waals surface area contributed by atoms with E-state index in [-0.39, 0.29) is 13.2 Å². The molecule has 4 rings (SSSR count). The second-order valence-corrected chi connectivity index (χ2v) is 12.2. The van der Waals surface area contributed by atoms with Gasteiger partial charge in [-0.3, -0.25) is 0 Å². The van der Waals surface area contributed by atoms with Crippen LogP contribution < -0.4 is 0 Å². The number of hydrogen-bond acceptors (Lipinski definition) is 8. The van der Waals surface area contributed by atoms with Gasteiger partial charge in [-0.05, 0) is 27.7 Å². The summed E-state index contributed by atoms with van der Waals surface area (Å²) in [4.78, 5) is 5.48. The van der Waals surface area contributed by atoms with Crippen molar-refractivity contribution in [2.45, 2.75) is 60.4 Å². The Morgan fingerprint density at radius 2 is 0.875 bits per heavy atom. The van der Waals surface area contributed by atoms with Crippen LogP contribution in [0, 0.1) is 27.7 Å². The molecule has 0 aromatic carbocycles. The fourth-order valence-corrected chi connectivity index (χ4v) is 9.93. The molecule has 10 heteroatoms. The minimum Gasteiger partial charge on any atom is -0.394 e. The zero-order valence-corrected chi connectivity index (χ0v) is 22.2. The van der Waals surface area contributed by atoms with Crippen LogP contribution in [-0.2, 0) is 22.6 Å². The fourth-order valence-electron chi connectivity index (χ4n) is 4.03. The highest BCUT2D eigenvalue weighted by Gasteiger charge is 2.34. The van der Waals surface area contributed by atoms with Crippen molar-refractivity contribution in [3.8, 4) is 0 Å². The summed E-state index contributed by atoms with van der Waals surface area (Å²) in [6.07, 6.45) is 0. The van der Waals surface area contributed by atoms with E-state index in [0.29, 0.717) is 26.4 Å². The van der Waals surface area contributed by atoms with Gasteiger partial charge in [-0.1, -0.05) is 47.0 Å². The smallest absolute Gasteiger partial charge is 0.0708 e. The topological polar surface area (TPSA) is 68.8 Å². The van der Waals surface area contributed by atoms with Gasteiger partial charge in [0.2, 0.25) is 0 Å². The summed E-state index contributed by atoms with van der Waals surface area (Å²) in [7, 11) is 0. The summed E-state index contributed by atoms with van der Waals surface area (Å²) in [6.45, 7) is 12.6. The monoisotopic (exact) mass is 514 g/mol. The van der Waals surface area contributed by atoms with Gasteiger partial charge in [0.25, 0.3) is 0 Å². The van der Waals surface area contributed by atoms with Crippen LogP contribution in [0.5, 0.6) is 0 Å². The molecule has 0 bridgehead atoms. The van der Waals surface area contributed by atoms with Crippen LogP contribution in [0.15, 0.2) is 28.1 Å². The summed E-state index contributed by atoms with van der Waals surface area (Å²) in [5.41, 5.74) is 5.19. The predicted molar refractivity (Wildman–Crippen MR) is 134 cm³/mol. The highest BCUT2D eigenvalue weighted by molar-refractivity contribution is 8.30. The Morgan fingerprint density at radius 1 is 0.562 bits per heavy atom. The normalized spacial score (nSPS) is 15.2. The van der Waals surface area contributed by atoms with E-state index >= 15 is 0 Å². The lowest BCUT2D eigenvalue weighted by molar-refractivity contribution is 0.0865. The third-order valence-electron chi connectivity index (χ3n) is 5.68. The van der Waals surface area contributed by atoms with Crippen molar-refractivity contribution >= 4 is 47.0 Å². The average molecular weight is 515 g/mol. The summed E-state index contributed by atoms with van der Waals surface area (Å²) < 4.78 is 18.4. The molecule has 2 aliphatic rings. The van der Waals surface area contributed by atoms with E-state index in [0.717, 1.165) is 13.1 Å². The molecule has 0 fully saturated rings. The Morgan fingerprint density at radius 3 is 1.16 bits per heavy atom. The Balaban J connectivity index is 1.46. The molecule has 0 aliphatic carbocycles. The van der Waals surface area contributed by atoms with Gasteiger partial charge in [-0.25, -0.2) is 0 Å². The third-order valence-corrected chi connectivity index (χ3v) is 11.8. The summed E-state index contributed by atoms with van der Waals surface area (Å²) in [5.74, 6) is 0. The Hall–Kier alpha value is -0.460. The molecule has 0 unspecified atom stereocenters. The fraction of sp³-hybridized carbons (Fsp3) is 0.545. The maximum atomic E-state index is 8.90. The third kappa shape index (κ3) is 4.70. The quantitative estimate of drug-likeness (QED) is 0.440. The van der Waals surface area contributed by atoms with Crippen LogP contribution in [0.3, 0.4) is 0 Å². The summed E-state index contributed by atoms with van der Waals surface area (Å²) in [6, 6.07) is 0. The van der Waals surface area contributed by atoms with Gasteiger partial charge in [-0.2, -0.15) is 0 Å². The van der Waals surface area contributed by atoms with E-state index in [2.05, 4.69) is 36.8 Å². The minimum absolute atomic E-state index is 0.0686. The van der Waals surface area contributed by atoms with Gasteiger partial charge in [0.15, 0.2) is 0 Å². The number of aliphatic hydroxyl groups is 2. The Kier molecular flexibility index (Phi) is 8.37. The molecule has 0 saturated heterocycles. The number of rotatable bonds is 10. The molecule has 2 aromatic rings. The first-order valence-electron chi connectivity index (χ1n) is 10.7. The minimum atomic E-state index is 0.0686. The molecule has 0 radical (unpaired) electrons. The van der Waals surface area contributed by atoms with E-state index < -0.39 is 0 Å². The molecule has 6 nitrogen and oxygen atoms in total. The molecule has 2 aromatic heterocycles.